The zero-order chi connectivity index (χ0) is 13.5. The summed E-state index contributed by atoms with van der Waals surface area (Å²) in [6.45, 7) is 5.57. The molecule has 0 unspecified atom stereocenters. The molecule has 2 saturated heterocycles. The minimum absolute atomic E-state index is 0.0127. The highest BCUT2D eigenvalue weighted by atomic mass is 16.6. The van der Waals surface area contributed by atoms with E-state index in [4.69, 9.17) is 4.74 Å². The fraction of sp³-hybridized carbons (Fsp3) is 0.923. The SMILES string of the molecule is CC(C)(C)OC(=O)N1[C@@H]2CC[C@H]1[C@@H](CO)[C@H]2CO. The lowest BCUT2D eigenvalue weighted by molar-refractivity contribution is 0.0190. The summed E-state index contributed by atoms with van der Waals surface area (Å²) in [7, 11) is 0. The third-order valence-electron chi connectivity index (χ3n) is 4.04. The van der Waals surface area contributed by atoms with Crippen molar-refractivity contribution in [1.29, 1.82) is 0 Å². The summed E-state index contributed by atoms with van der Waals surface area (Å²) >= 11 is 0. The van der Waals surface area contributed by atoms with E-state index in [1.165, 1.54) is 0 Å². The van der Waals surface area contributed by atoms with Crippen LogP contribution >= 0.6 is 0 Å². The molecule has 18 heavy (non-hydrogen) atoms. The van der Waals surface area contributed by atoms with Crippen molar-refractivity contribution in [1.82, 2.24) is 4.90 Å². The van der Waals surface area contributed by atoms with E-state index >= 15 is 0 Å². The molecule has 2 bridgehead atoms. The Morgan fingerprint density at radius 1 is 1.17 bits per heavy atom. The molecule has 2 rings (SSSR count). The first-order valence-corrected chi connectivity index (χ1v) is 6.62. The fourth-order valence-corrected chi connectivity index (χ4v) is 3.38. The van der Waals surface area contributed by atoms with E-state index in [2.05, 4.69) is 0 Å². The number of rotatable bonds is 2. The smallest absolute Gasteiger partial charge is 0.410 e. The third kappa shape index (κ3) is 2.21. The number of aliphatic hydroxyl groups excluding tert-OH is 2. The first-order valence-electron chi connectivity index (χ1n) is 6.62. The monoisotopic (exact) mass is 257 g/mol. The number of hydrogen-bond acceptors (Lipinski definition) is 4. The molecule has 5 nitrogen and oxygen atoms in total. The van der Waals surface area contributed by atoms with Gasteiger partial charge in [-0.25, -0.2) is 4.79 Å². The molecule has 2 N–H and O–H groups in total. The van der Waals surface area contributed by atoms with Crippen molar-refractivity contribution in [3.8, 4) is 0 Å². The molecular formula is C13H23NO4. The quantitative estimate of drug-likeness (QED) is 0.774. The second kappa shape index (κ2) is 4.70. The van der Waals surface area contributed by atoms with Crippen LogP contribution in [0.25, 0.3) is 0 Å². The number of hydrogen-bond donors (Lipinski definition) is 2. The minimum Gasteiger partial charge on any atom is -0.444 e. The van der Waals surface area contributed by atoms with Crippen LogP contribution in [-0.4, -0.2) is 52.1 Å². The van der Waals surface area contributed by atoms with Crippen LogP contribution < -0.4 is 0 Å². The molecule has 0 aliphatic carbocycles. The van der Waals surface area contributed by atoms with Crippen molar-refractivity contribution in [3.63, 3.8) is 0 Å². The van der Waals surface area contributed by atoms with Crippen molar-refractivity contribution < 1.29 is 19.7 Å². The van der Waals surface area contributed by atoms with Crippen LogP contribution in [0.15, 0.2) is 0 Å². The van der Waals surface area contributed by atoms with Crippen LogP contribution in [0.3, 0.4) is 0 Å². The maximum atomic E-state index is 12.2. The summed E-state index contributed by atoms with van der Waals surface area (Å²) in [5.41, 5.74) is -0.511. The summed E-state index contributed by atoms with van der Waals surface area (Å²) in [6.07, 6.45) is 1.47. The van der Waals surface area contributed by atoms with Crippen molar-refractivity contribution >= 4 is 6.09 Å². The van der Waals surface area contributed by atoms with Gasteiger partial charge in [0.25, 0.3) is 0 Å². The summed E-state index contributed by atoms with van der Waals surface area (Å²) in [4.78, 5) is 13.9. The molecule has 1 amide bonds. The Morgan fingerprint density at radius 2 is 1.61 bits per heavy atom. The number of ether oxygens (including phenoxy) is 1. The largest absolute Gasteiger partial charge is 0.444 e. The molecular weight excluding hydrogens is 234 g/mol. The normalized spacial score (nSPS) is 35.1. The van der Waals surface area contributed by atoms with Gasteiger partial charge in [-0.05, 0) is 33.6 Å². The van der Waals surface area contributed by atoms with Gasteiger partial charge in [-0.1, -0.05) is 0 Å². The number of nitrogens with zero attached hydrogens (tertiary/aromatic N) is 1. The van der Waals surface area contributed by atoms with Crippen molar-refractivity contribution in [2.45, 2.75) is 51.3 Å². The summed E-state index contributed by atoms with van der Waals surface area (Å²) in [5, 5.41) is 18.9. The van der Waals surface area contributed by atoms with Gasteiger partial charge in [0.15, 0.2) is 0 Å². The highest BCUT2D eigenvalue weighted by Gasteiger charge is 2.55. The number of fused-ring (bicyclic) bond motifs is 2. The number of carbonyl (C=O) groups is 1. The first-order chi connectivity index (χ1) is 8.39. The fourth-order valence-electron chi connectivity index (χ4n) is 3.38. The van der Waals surface area contributed by atoms with E-state index in [0.29, 0.717) is 0 Å². The second-order valence-electron chi connectivity index (χ2n) is 6.29. The lowest BCUT2D eigenvalue weighted by Crippen LogP contribution is -2.41. The van der Waals surface area contributed by atoms with E-state index < -0.39 is 5.60 Å². The Morgan fingerprint density at radius 3 is 1.94 bits per heavy atom. The van der Waals surface area contributed by atoms with E-state index in [1.807, 2.05) is 20.8 Å². The predicted molar refractivity (Wildman–Crippen MR) is 66.0 cm³/mol. The van der Waals surface area contributed by atoms with Gasteiger partial charge >= 0.3 is 6.09 Å². The highest BCUT2D eigenvalue weighted by molar-refractivity contribution is 5.70. The van der Waals surface area contributed by atoms with Gasteiger partial charge in [-0.3, -0.25) is 0 Å². The van der Waals surface area contributed by atoms with Crippen molar-refractivity contribution in [2.75, 3.05) is 13.2 Å². The van der Waals surface area contributed by atoms with Crippen LogP contribution in [0.4, 0.5) is 4.79 Å². The highest BCUT2D eigenvalue weighted by Crippen LogP contribution is 2.45. The van der Waals surface area contributed by atoms with Gasteiger partial charge < -0.3 is 19.8 Å². The minimum atomic E-state index is -0.511. The average molecular weight is 257 g/mol. The maximum absolute atomic E-state index is 12.2. The Bertz CT molecular complexity index is 307. The Kier molecular flexibility index (Phi) is 3.56. The summed E-state index contributed by atoms with van der Waals surface area (Å²) < 4.78 is 5.41. The topological polar surface area (TPSA) is 70.0 Å². The second-order valence-corrected chi connectivity index (χ2v) is 6.29. The van der Waals surface area contributed by atoms with Crippen LogP contribution in [0.5, 0.6) is 0 Å². The summed E-state index contributed by atoms with van der Waals surface area (Å²) in [5.74, 6) is -0.0254. The van der Waals surface area contributed by atoms with Gasteiger partial charge in [0.1, 0.15) is 5.60 Å². The molecule has 0 saturated carbocycles. The lowest BCUT2D eigenvalue weighted by atomic mass is 9.80. The van der Waals surface area contributed by atoms with Crippen molar-refractivity contribution in [3.05, 3.63) is 0 Å². The predicted octanol–water partition coefficient (Wildman–Crippen LogP) is 0.985. The molecule has 0 aromatic rings. The molecule has 5 heteroatoms. The molecule has 0 spiro atoms. The molecule has 2 fully saturated rings. The average Bonchev–Trinajstić information content (AvgIpc) is 2.80. The molecule has 4 atom stereocenters. The lowest BCUT2D eigenvalue weighted by Gasteiger charge is -2.28. The van der Waals surface area contributed by atoms with Gasteiger partial charge in [0.05, 0.1) is 0 Å². The van der Waals surface area contributed by atoms with Gasteiger partial charge in [0, 0.05) is 37.1 Å². The summed E-state index contributed by atoms with van der Waals surface area (Å²) in [6, 6.07) is 0.0407. The van der Waals surface area contributed by atoms with Gasteiger partial charge in [-0.2, -0.15) is 0 Å². The molecule has 2 aliphatic rings. The van der Waals surface area contributed by atoms with Crippen LogP contribution in [0.1, 0.15) is 33.6 Å². The molecule has 2 aliphatic heterocycles. The van der Waals surface area contributed by atoms with E-state index in [0.717, 1.165) is 12.8 Å². The Hall–Kier alpha value is -0.810. The van der Waals surface area contributed by atoms with E-state index in [9.17, 15) is 15.0 Å². The third-order valence-corrected chi connectivity index (χ3v) is 4.04. The molecule has 0 aromatic heterocycles. The van der Waals surface area contributed by atoms with Crippen LogP contribution in [-0.2, 0) is 4.74 Å². The van der Waals surface area contributed by atoms with Crippen LogP contribution in [0, 0.1) is 11.8 Å². The Balaban J connectivity index is 2.13. The van der Waals surface area contributed by atoms with Crippen LogP contribution in [0.2, 0.25) is 0 Å². The molecule has 104 valence electrons. The zero-order valence-electron chi connectivity index (χ0n) is 11.3. The van der Waals surface area contributed by atoms with E-state index in [1.54, 1.807) is 4.90 Å². The standard InChI is InChI=1S/C13H23NO4/c1-13(2,3)18-12(17)14-10-4-5-11(14)9(7-16)8(10)6-15/h8-11,15-16H,4-7H2,1-3H3/t8-,9+,10-,11+. The number of amides is 1. The zero-order valence-corrected chi connectivity index (χ0v) is 11.3. The maximum Gasteiger partial charge on any atom is 0.410 e. The molecule has 2 heterocycles. The van der Waals surface area contributed by atoms with Gasteiger partial charge in [-0.15, -0.1) is 0 Å². The Labute approximate surface area is 108 Å². The first kappa shape index (κ1) is 13.6. The van der Waals surface area contributed by atoms with E-state index in [-0.39, 0.29) is 43.2 Å². The van der Waals surface area contributed by atoms with Crippen molar-refractivity contribution in [2.24, 2.45) is 11.8 Å². The molecule has 0 aromatic carbocycles. The van der Waals surface area contributed by atoms with Gasteiger partial charge in [0.2, 0.25) is 0 Å². The number of aliphatic hydroxyl groups is 2. The molecule has 0 radical (unpaired) electrons. The number of carbonyl (C=O) groups excluding carboxylic acids is 1.